The Morgan fingerprint density at radius 3 is 2.62 bits per heavy atom. The Morgan fingerprint density at radius 2 is 1.88 bits per heavy atom. The second-order valence-corrected chi connectivity index (χ2v) is 8.26. The molecular weight excluding hydrogens is 334 g/mol. The van der Waals surface area contributed by atoms with E-state index in [1.54, 1.807) is 5.48 Å². The molecule has 0 radical (unpaired) electrons. The van der Waals surface area contributed by atoms with Gasteiger partial charge < -0.3 is 14.2 Å². The van der Waals surface area contributed by atoms with E-state index < -0.39 is 0 Å². The van der Waals surface area contributed by atoms with Crippen molar-refractivity contribution in [1.29, 1.82) is 0 Å². The summed E-state index contributed by atoms with van der Waals surface area (Å²) in [5.74, 6) is 0.682. The fourth-order valence-corrected chi connectivity index (χ4v) is 4.86. The molecule has 2 bridgehead atoms. The van der Waals surface area contributed by atoms with Crippen molar-refractivity contribution in [1.82, 2.24) is 5.48 Å². The number of hydrogen-bond acceptors (Lipinski definition) is 5. The van der Waals surface area contributed by atoms with E-state index in [-0.39, 0.29) is 18.4 Å². The van der Waals surface area contributed by atoms with Gasteiger partial charge in [0.2, 0.25) is 5.91 Å². The maximum atomic E-state index is 11.1. The fraction of sp³-hybridized carbons (Fsp3) is 0.950. The zero-order chi connectivity index (χ0) is 18.4. The van der Waals surface area contributed by atoms with Crippen LogP contribution in [0.15, 0.2) is 0 Å². The third-order valence-electron chi connectivity index (χ3n) is 6.42. The van der Waals surface area contributed by atoms with Crippen molar-refractivity contribution in [3.63, 3.8) is 0 Å². The van der Waals surface area contributed by atoms with Crippen molar-refractivity contribution in [3.05, 3.63) is 0 Å². The van der Waals surface area contributed by atoms with Crippen LogP contribution in [0.1, 0.15) is 71.1 Å². The van der Waals surface area contributed by atoms with E-state index in [1.807, 2.05) is 6.92 Å². The lowest BCUT2D eigenvalue weighted by Crippen LogP contribution is -2.33. The predicted molar refractivity (Wildman–Crippen MR) is 96.9 cm³/mol. The largest absolute Gasteiger partial charge is 0.378 e. The van der Waals surface area contributed by atoms with E-state index >= 15 is 0 Å². The van der Waals surface area contributed by atoms with Crippen LogP contribution in [0.2, 0.25) is 0 Å². The van der Waals surface area contributed by atoms with Crippen molar-refractivity contribution in [3.8, 4) is 0 Å². The highest BCUT2D eigenvalue weighted by Gasteiger charge is 2.48. The number of carbonyl (C=O) groups excluding carboxylic acids is 1. The lowest BCUT2D eigenvalue weighted by Gasteiger charge is -2.30. The van der Waals surface area contributed by atoms with Gasteiger partial charge in [0, 0.05) is 18.9 Å². The van der Waals surface area contributed by atoms with Crippen molar-refractivity contribution in [2.45, 2.75) is 95.5 Å². The minimum Gasteiger partial charge on any atom is -0.378 e. The van der Waals surface area contributed by atoms with Gasteiger partial charge in [0.25, 0.3) is 0 Å². The number of nitrogens with one attached hydrogen (secondary N) is 1. The molecule has 3 rings (SSSR count). The number of ether oxygens (including phenoxy) is 3. The minimum absolute atomic E-state index is 0.0174. The molecule has 6 heteroatoms. The SMILES string of the molecule is CC(CCC(=O)NO)OCCC1C2CCC(O2)C1COC1CCCCC1. The van der Waals surface area contributed by atoms with E-state index in [0.29, 0.717) is 43.2 Å². The highest BCUT2D eigenvalue weighted by atomic mass is 16.5. The normalized spacial score (nSPS) is 32.7. The summed E-state index contributed by atoms with van der Waals surface area (Å²) in [6.07, 6.45) is 11.9. The first-order chi connectivity index (χ1) is 12.7. The summed E-state index contributed by atoms with van der Waals surface area (Å²) < 4.78 is 18.3. The summed E-state index contributed by atoms with van der Waals surface area (Å²) in [6.45, 7) is 3.51. The first-order valence-corrected chi connectivity index (χ1v) is 10.5. The van der Waals surface area contributed by atoms with Crippen LogP contribution in [0.5, 0.6) is 0 Å². The molecule has 5 unspecified atom stereocenters. The lowest BCUT2D eigenvalue weighted by atomic mass is 9.78. The number of carbonyl (C=O) groups is 1. The Bertz CT molecular complexity index is 440. The van der Waals surface area contributed by atoms with Gasteiger partial charge in [-0.05, 0) is 51.4 Å². The van der Waals surface area contributed by atoms with Gasteiger partial charge in [0.1, 0.15) is 0 Å². The molecule has 3 fully saturated rings. The molecule has 2 N–H and O–H groups in total. The van der Waals surface area contributed by atoms with Crippen LogP contribution in [0.4, 0.5) is 0 Å². The topological polar surface area (TPSA) is 77.0 Å². The molecule has 1 aliphatic carbocycles. The zero-order valence-corrected chi connectivity index (χ0v) is 16.0. The first kappa shape index (κ1) is 20.1. The Balaban J connectivity index is 1.38. The maximum Gasteiger partial charge on any atom is 0.243 e. The maximum absolute atomic E-state index is 11.1. The summed E-state index contributed by atoms with van der Waals surface area (Å²) in [6, 6.07) is 0. The molecule has 2 aliphatic heterocycles. The van der Waals surface area contributed by atoms with Crippen molar-refractivity contribution >= 4 is 5.91 Å². The van der Waals surface area contributed by atoms with Crippen LogP contribution in [-0.2, 0) is 19.0 Å². The van der Waals surface area contributed by atoms with E-state index in [1.165, 1.54) is 44.9 Å². The van der Waals surface area contributed by atoms with Crippen molar-refractivity contribution in [2.24, 2.45) is 11.8 Å². The highest BCUT2D eigenvalue weighted by Crippen LogP contribution is 2.45. The third-order valence-corrected chi connectivity index (χ3v) is 6.42. The third kappa shape index (κ3) is 5.41. The average Bonchev–Trinajstić information content (AvgIpc) is 3.27. The number of amides is 1. The lowest BCUT2D eigenvalue weighted by molar-refractivity contribution is -0.129. The molecule has 150 valence electrons. The molecule has 6 nitrogen and oxygen atoms in total. The summed E-state index contributed by atoms with van der Waals surface area (Å²) >= 11 is 0. The van der Waals surface area contributed by atoms with Gasteiger partial charge in [0.05, 0.1) is 31.0 Å². The number of hydroxylamine groups is 1. The summed E-state index contributed by atoms with van der Waals surface area (Å²) in [4.78, 5) is 11.1. The summed E-state index contributed by atoms with van der Waals surface area (Å²) in [7, 11) is 0. The number of rotatable bonds is 10. The quantitative estimate of drug-likeness (QED) is 0.457. The molecule has 26 heavy (non-hydrogen) atoms. The summed E-state index contributed by atoms with van der Waals surface area (Å²) in [5, 5.41) is 8.54. The predicted octanol–water partition coefficient (Wildman–Crippen LogP) is 3.21. The molecule has 3 aliphatic rings. The highest BCUT2D eigenvalue weighted by molar-refractivity contribution is 5.74. The zero-order valence-electron chi connectivity index (χ0n) is 16.0. The fourth-order valence-electron chi connectivity index (χ4n) is 4.86. The van der Waals surface area contributed by atoms with Gasteiger partial charge in [-0.2, -0.15) is 0 Å². The standard InChI is InChI=1S/C20H35NO5/c1-14(7-10-20(22)21-23)24-12-11-16-17(19-9-8-18(16)26-19)13-25-15-5-3-2-4-6-15/h14-19,23H,2-13H2,1H3,(H,21,22). The van der Waals surface area contributed by atoms with Crippen LogP contribution in [0.25, 0.3) is 0 Å². The van der Waals surface area contributed by atoms with Crippen LogP contribution in [0, 0.1) is 11.8 Å². The molecule has 1 amide bonds. The van der Waals surface area contributed by atoms with Crippen LogP contribution in [-0.4, -0.2) is 48.7 Å². The monoisotopic (exact) mass is 369 g/mol. The second-order valence-electron chi connectivity index (χ2n) is 8.26. The molecule has 1 saturated carbocycles. The van der Waals surface area contributed by atoms with Gasteiger partial charge in [-0.3, -0.25) is 10.0 Å². The minimum atomic E-state index is -0.359. The van der Waals surface area contributed by atoms with Crippen LogP contribution in [0.3, 0.4) is 0 Å². The summed E-state index contributed by atoms with van der Waals surface area (Å²) in [5.41, 5.74) is 1.66. The molecular formula is C20H35NO5. The second kappa shape index (κ2) is 10.0. The van der Waals surface area contributed by atoms with Gasteiger partial charge >= 0.3 is 0 Å². The Morgan fingerprint density at radius 1 is 1.15 bits per heavy atom. The Kier molecular flexibility index (Phi) is 7.73. The molecule has 0 aromatic carbocycles. The molecule has 5 atom stereocenters. The smallest absolute Gasteiger partial charge is 0.243 e. The molecule has 0 spiro atoms. The average molecular weight is 370 g/mol. The van der Waals surface area contributed by atoms with Gasteiger partial charge in [-0.1, -0.05) is 19.3 Å². The number of fused-ring (bicyclic) bond motifs is 2. The molecule has 0 aromatic rings. The van der Waals surface area contributed by atoms with Gasteiger partial charge in [-0.25, -0.2) is 5.48 Å². The van der Waals surface area contributed by atoms with Crippen LogP contribution < -0.4 is 5.48 Å². The van der Waals surface area contributed by atoms with Gasteiger partial charge in [-0.15, -0.1) is 0 Å². The van der Waals surface area contributed by atoms with E-state index in [2.05, 4.69) is 0 Å². The molecule has 0 aromatic heterocycles. The van der Waals surface area contributed by atoms with E-state index in [0.717, 1.165) is 13.0 Å². The van der Waals surface area contributed by atoms with Crippen molar-refractivity contribution < 1.29 is 24.2 Å². The van der Waals surface area contributed by atoms with E-state index in [4.69, 9.17) is 19.4 Å². The Hall–Kier alpha value is -0.690. The van der Waals surface area contributed by atoms with Crippen LogP contribution >= 0.6 is 0 Å². The van der Waals surface area contributed by atoms with Crippen molar-refractivity contribution in [2.75, 3.05) is 13.2 Å². The Labute approximate surface area is 156 Å². The number of hydrogen-bond donors (Lipinski definition) is 2. The van der Waals surface area contributed by atoms with E-state index in [9.17, 15) is 4.79 Å². The molecule has 2 saturated heterocycles. The molecule has 2 heterocycles. The van der Waals surface area contributed by atoms with Gasteiger partial charge in [0.15, 0.2) is 0 Å². The first-order valence-electron chi connectivity index (χ1n) is 10.5.